The van der Waals surface area contributed by atoms with Crippen molar-refractivity contribution in [3.63, 3.8) is 0 Å². The second kappa shape index (κ2) is 5.91. The SMILES string of the molecule is OCC1CC(n2cc3cc(N4CC=CC=C4C(F)(F)F)ccc3n2)C1. The van der Waals surface area contributed by atoms with Gasteiger partial charge in [-0.05, 0) is 43.0 Å². The Morgan fingerprint density at radius 2 is 2.04 bits per heavy atom. The summed E-state index contributed by atoms with van der Waals surface area (Å²) in [6.07, 6.45) is 3.49. The number of nitrogens with zero attached hydrogens (tertiary/aromatic N) is 3. The monoisotopic (exact) mass is 349 g/mol. The summed E-state index contributed by atoms with van der Waals surface area (Å²) in [5.41, 5.74) is 0.606. The molecule has 2 aromatic rings. The van der Waals surface area contributed by atoms with Gasteiger partial charge in [-0.3, -0.25) is 4.68 Å². The fraction of sp³-hybridized carbons (Fsp3) is 0.389. The van der Waals surface area contributed by atoms with Crippen molar-refractivity contribution in [3.05, 3.63) is 48.3 Å². The number of rotatable bonds is 3. The molecule has 2 aliphatic rings. The summed E-state index contributed by atoms with van der Waals surface area (Å²) in [7, 11) is 0. The number of aliphatic hydroxyl groups excluding tert-OH is 1. The first-order valence-corrected chi connectivity index (χ1v) is 8.27. The highest BCUT2D eigenvalue weighted by Gasteiger charge is 2.38. The fourth-order valence-corrected chi connectivity index (χ4v) is 3.46. The van der Waals surface area contributed by atoms with Gasteiger partial charge in [-0.1, -0.05) is 12.2 Å². The lowest BCUT2D eigenvalue weighted by Gasteiger charge is -2.33. The van der Waals surface area contributed by atoms with Crippen molar-refractivity contribution in [3.8, 4) is 0 Å². The third-order valence-corrected chi connectivity index (χ3v) is 4.92. The molecular formula is C18H18F3N3O. The lowest BCUT2D eigenvalue weighted by atomic mass is 9.81. The minimum absolute atomic E-state index is 0.186. The molecule has 1 fully saturated rings. The van der Waals surface area contributed by atoms with E-state index in [1.54, 1.807) is 24.3 Å². The van der Waals surface area contributed by atoms with E-state index in [1.165, 1.54) is 11.0 Å². The van der Waals surface area contributed by atoms with Gasteiger partial charge in [0.15, 0.2) is 0 Å². The van der Waals surface area contributed by atoms with Gasteiger partial charge >= 0.3 is 6.18 Å². The minimum atomic E-state index is -4.39. The maximum atomic E-state index is 13.2. The number of halogens is 3. The van der Waals surface area contributed by atoms with E-state index in [0.29, 0.717) is 11.6 Å². The number of alkyl halides is 3. The largest absolute Gasteiger partial charge is 0.431 e. The van der Waals surface area contributed by atoms with E-state index in [1.807, 2.05) is 10.9 Å². The van der Waals surface area contributed by atoms with E-state index < -0.39 is 11.9 Å². The minimum Gasteiger partial charge on any atom is -0.396 e. The quantitative estimate of drug-likeness (QED) is 0.916. The van der Waals surface area contributed by atoms with Gasteiger partial charge in [0.1, 0.15) is 5.70 Å². The normalized spacial score (nSPS) is 23.7. The van der Waals surface area contributed by atoms with Crippen LogP contribution < -0.4 is 4.90 Å². The molecule has 1 aliphatic heterocycles. The summed E-state index contributed by atoms with van der Waals surface area (Å²) in [4.78, 5) is 1.27. The Labute approximate surface area is 142 Å². The summed E-state index contributed by atoms with van der Waals surface area (Å²) in [5.74, 6) is 0.326. The van der Waals surface area contributed by atoms with Gasteiger partial charge in [-0.15, -0.1) is 0 Å². The van der Waals surface area contributed by atoms with Crippen LogP contribution in [0.2, 0.25) is 0 Å². The number of allylic oxidation sites excluding steroid dienone is 3. The van der Waals surface area contributed by atoms with Crippen LogP contribution in [0.25, 0.3) is 10.9 Å². The van der Waals surface area contributed by atoms with Crippen molar-refractivity contribution in [2.75, 3.05) is 18.1 Å². The molecule has 4 nitrogen and oxygen atoms in total. The summed E-state index contributed by atoms with van der Waals surface area (Å²) in [5, 5.41) is 14.5. The smallest absolute Gasteiger partial charge is 0.396 e. The van der Waals surface area contributed by atoms with E-state index in [9.17, 15) is 13.2 Å². The molecule has 0 radical (unpaired) electrons. The molecule has 0 unspecified atom stereocenters. The molecule has 132 valence electrons. The van der Waals surface area contributed by atoms with E-state index in [2.05, 4.69) is 5.10 Å². The topological polar surface area (TPSA) is 41.3 Å². The molecule has 7 heteroatoms. The molecule has 0 bridgehead atoms. The van der Waals surface area contributed by atoms with Crippen LogP contribution in [-0.4, -0.2) is 34.2 Å². The van der Waals surface area contributed by atoms with Crippen molar-refractivity contribution in [2.24, 2.45) is 5.92 Å². The van der Waals surface area contributed by atoms with Crippen molar-refractivity contribution in [1.82, 2.24) is 9.78 Å². The molecule has 0 spiro atoms. The van der Waals surface area contributed by atoms with Gasteiger partial charge in [0.25, 0.3) is 0 Å². The van der Waals surface area contributed by atoms with Crippen molar-refractivity contribution in [1.29, 1.82) is 0 Å². The Balaban J connectivity index is 1.63. The zero-order chi connectivity index (χ0) is 17.6. The summed E-state index contributed by atoms with van der Waals surface area (Å²) >= 11 is 0. The maximum Gasteiger partial charge on any atom is 0.431 e. The third-order valence-electron chi connectivity index (χ3n) is 4.92. The van der Waals surface area contributed by atoms with Crippen molar-refractivity contribution in [2.45, 2.75) is 25.1 Å². The molecule has 0 atom stereocenters. The second-order valence-corrected chi connectivity index (χ2v) is 6.61. The van der Waals surface area contributed by atoms with Crippen LogP contribution in [0.15, 0.2) is 48.3 Å². The summed E-state index contributed by atoms with van der Waals surface area (Å²) in [6.45, 7) is 0.377. The fourth-order valence-electron chi connectivity index (χ4n) is 3.46. The van der Waals surface area contributed by atoms with Crippen LogP contribution in [0.1, 0.15) is 18.9 Å². The van der Waals surface area contributed by atoms with E-state index >= 15 is 0 Å². The van der Waals surface area contributed by atoms with Gasteiger partial charge < -0.3 is 10.0 Å². The number of hydrogen-bond acceptors (Lipinski definition) is 3. The number of aliphatic hydroxyl groups is 1. The Bertz CT molecular complexity index is 847. The average Bonchev–Trinajstić information content (AvgIpc) is 2.95. The molecule has 0 amide bonds. The van der Waals surface area contributed by atoms with E-state index in [-0.39, 0.29) is 19.2 Å². The van der Waals surface area contributed by atoms with Crippen molar-refractivity contribution < 1.29 is 18.3 Å². The molecule has 2 heterocycles. The second-order valence-electron chi connectivity index (χ2n) is 6.61. The predicted molar refractivity (Wildman–Crippen MR) is 89.2 cm³/mol. The highest BCUT2D eigenvalue weighted by Crippen LogP contribution is 2.38. The van der Waals surface area contributed by atoms with Crippen molar-refractivity contribution >= 4 is 16.6 Å². The molecule has 0 saturated heterocycles. The lowest BCUT2D eigenvalue weighted by Crippen LogP contribution is -2.33. The van der Waals surface area contributed by atoms with E-state index in [4.69, 9.17) is 5.11 Å². The Kier molecular flexibility index (Phi) is 3.83. The predicted octanol–water partition coefficient (Wildman–Crippen LogP) is 3.80. The Morgan fingerprint density at radius 3 is 2.76 bits per heavy atom. The summed E-state index contributed by atoms with van der Waals surface area (Å²) in [6, 6.07) is 5.45. The van der Waals surface area contributed by atoms with Gasteiger partial charge in [0.2, 0.25) is 0 Å². The molecule has 25 heavy (non-hydrogen) atoms. The van der Waals surface area contributed by atoms with Crippen LogP contribution in [0.3, 0.4) is 0 Å². The van der Waals surface area contributed by atoms with Gasteiger partial charge in [0.05, 0.1) is 11.6 Å². The third kappa shape index (κ3) is 2.93. The first-order valence-electron chi connectivity index (χ1n) is 8.27. The average molecular weight is 349 g/mol. The number of benzene rings is 1. The van der Waals surface area contributed by atoms with E-state index in [0.717, 1.165) is 29.8 Å². The Hall–Kier alpha value is -2.28. The van der Waals surface area contributed by atoms with Gasteiger partial charge in [-0.25, -0.2) is 0 Å². The van der Waals surface area contributed by atoms with Gasteiger partial charge in [-0.2, -0.15) is 18.3 Å². The van der Waals surface area contributed by atoms with Crippen LogP contribution in [0, 0.1) is 5.92 Å². The number of anilines is 1. The molecule has 1 saturated carbocycles. The molecule has 1 N–H and O–H groups in total. The van der Waals surface area contributed by atoms with Crippen LogP contribution >= 0.6 is 0 Å². The Morgan fingerprint density at radius 1 is 1.24 bits per heavy atom. The highest BCUT2D eigenvalue weighted by atomic mass is 19.4. The molecular weight excluding hydrogens is 331 g/mol. The summed E-state index contributed by atoms with van der Waals surface area (Å²) < 4.78 is 41.6. The van der Waals surface area contributed by atoms with Crippen LogP contribution in [-0.2, 0) is 0 Å². The molecule has 1 aliphatic carbocycles. The standard InChI is InChI=1S/C18H18F3N3O/c19-18(20,21)17-3-1-2-6-23(17)14-4-5-16-13(9-14)10-24(22-16)15-7-12(8-15)11-25/h1-5,9-10,12,15,25H,6-8,11H2. The molecule has 1 aromatic heterocycles. The molecule has 1 aromatic carbocycles. The zero-order valence-corrected chi connectivity index (χ0v) is 13.4. The maximum absolute atomic E-state index is 13.2. The molecule has 4 rings (SSSR count). The van der Waals surface area contributed by atoms with Gasteiger partial charge in [0, 0.05) is 30.4 Å². The number of fused-ring (bicyclic) bond motifs is 1. The number of hydrogen-bond donors (Lipinski definition) is 1. The lowest BCUT2D eigenvalue weighted by molar-refractivity contribution is -0.0933. The first kappa shape index (κ1) is 16.2. The number of aromatic nitrogens is 2. The van der Waals surface area contributed by atoms with Crippen LogP contribution in [0.4, 0.5) is 18.9 Å². The van der Waals surface area contributed by atoms with Crippen LogP contribution in [0.5, 0.6) is 0 Å². The first-order chi connectivity index (χ1) is 12.0. The zero-order valence-electron chi connectivity index (χ0n) is 13.4. The highest BCUT2D eigenvalue weighted by molar-refractivity contribution is 5.83.